The Balaban J connectivity index is 1.46. The van der Waals surface area contributed by atoms with Crippen LogP contribution in [0.1, 0.15) is 44.9 Å². The van der Waals surface area contributed by atoms with Crippen LogP contribution in [-0.2, 0) is 14.4 Å². The van der Waals surface area contributed by atoms with Gasteiger partial charge in [-0.1, -0.05) is 0 Å². The number of carboxylic acid groups (broad SMARTS) is 1. The van der Waals surface area contributed by atoms with E-state index in [1.54, 1.807) is 0 Å². The minimum absolute atomic E-state index is 0.00529. The first-order valence-corrected chi connectivity index (χ1v) is 7.87. The molecule has 3 aliphatic rings. The van der Waals surface area contributed by atoms with Gasteiger partial charge >= 0.3 is 5.97 Å². The van der Waals surface area contributed by atoms with E-state index < -0.39 is 5.97 Å². The minimum Gasteiger partial charge on any atom is -0.481 e. The summed E-state index contributed by atoms with van der Waals surface area (Å²) in [6.07, 6.45) is 5.01. The molecule has 2 aliphatic carbocycles. The third-order valence-electron chi connectivity index (χ3n) is 4.94. The van der Waals surface area contributed by atoms with E-state index in [1.807, 2.05) is 4.90 Å². The van der Waals surface area contributed by atoms with E-state index in [2.05, 4.69) is 5.32 Å². The highest BCUT2D eigenvalue weighted by molar-refractivity contribution is 5.83. The maximum absolute atomic E-state index is 12.2. The van der Waals surface area contributed by atoms with Crippen molar-refractivity contribution < 1.29 is 19.5 Å². The summed E-state index contributed by atoms with van der Waals surface area (Å²) in [5.74, 6) is -1.000. The quantitative estimate of drug-likeness (QED) is 0.801. The molecule has 1 unspecified atom stereocenters. The van der Waals surface area contributed by atoms with Gasteiger partial charge < -0.3 is 15.3 Å². The largest absolute Gasteiger partial charge is 0.481 e. The number of carbonyl (C=O) groups excluding carboxylic acids is 2. The van der Waals surface area contributed by atoms with Crippen molar-refractivity contribution >= 4 is 17.8 Å². The summed E-state index contributed by atoms with van der Waals surface area (Å²) in [5, 5.41) is 12.0. The van der Waals surface area contributed by atoms with Crippen molar-refractivity contribution in [3.05, 3.63) is 0 Å². The molecular formula is C15H22N2O4. The predicted molar refractivity (Wildman–Crippen MR) is 74.4 cm³/mol. The number of nitrogens with one attached hydrogen (secondary N) is 1. The Bertz CT molecular complexity index is 453. The Morgan fingerprint density at radius 3 is 2.24 bits per heavy atom. The fourth-order valence-electron chi connectivity index (χ4n) is 3.49. The van der Waals surface area contributed by atoms with E-state index in [0.717, 1.165) is 12.8 Å². The van der Waals surface area contributed by atoms with Crippen LogP contribution in [-0.4, -0.2) is 46.4 Å². The standard InChI is InChI=1S/C15H22N2O4/c18-13-7-11(8-17(13)12-5-6-12)16-14(19)9-1-3-10(4-2-9)15(20)21/h9-12H,1-8H2,(H,16,19)(H,20,21). The topological polar surface area (TPSA) is 86.7 Å². The average Bonchev–Trinajstić information content (AvgIpc) is 3.23. The van der Waals surface area contributed by atoms with Crippen molar-refractivity contribution in [1.29, 1.82) is 0 Å². The second-order valence-corrected chi connectivity index (χ2v) is 6.57. The maximum atomic E-state index is 12.2. The molecule has 0 aromatic carbocycles. The van der Waals surface area contributed by atoms with Gasteiger partial charge in [-0.25, -0.2) is 0 Å². The molecule has 21 heavy (non-hydrogen) atoms. The summed E-state index contributed by atoms with van der Waals surface area (Å²) in [6, 6.07) is 0.341. The van der Waals surface area contributed by atoms with Gasteiger partial charge in [0.1, 0.15) is 0 Å². The molecule has 0 spiro atoms. The van der Waals surface area contributed by atoms with Crippen LogP contribution >= 0.6 is 0 Å². The molecule has 2 N–H and O–H groups in total. The van der Waals surface area contributed by atoms with Gasteiger partial charge in [0.15, 0.2) is 0 Å². The number of carboxylic acids is 1. The second-order valence-electron chi connectivity index (χ2n) is 6.57. The highest BCUT2D eigenvalue weighted by Crippen LogP contribution is 2.32. The van der Waals surface area contributed by atoms with Crippen molar-refractivity contribution in [2.45, 2.75) is 57.0 Å². The van der Waals surface area contributed by atoms with Crippen molar-refractivity contribution in [3.63, 3.8) is 0 Å². The normalized spacial score (nSPS) is 33.0. The minimum atomic E-state index is -0.754. The fourth-order valence-corrected chi connectivity index (χ4v) is 3.49. The van der Waals surface area contributed by atoms with Gasteiger partial charge in [-0.3, -0.25) is 14.4 Å². The Kier molecular flexibility index (Phi) is 3.87. The summed E-state index contributed by atoms with van der Waals surface area (Å²) in [6.45, 7) is 0.639. The average molecular weight is 294 g/mol. The molecule has 1 saturated heterocycles. The van der Waals surface area contributed by atoms with E-state index >= 15 is 0 Å². The summed E-state index contributed by atoms with van der Waals surface area (Å²) in [4.78, 5) is 36.9. The molecule has 1 atom stereocenters. The van der Waals surface area contributed by atoms with E-state index in [1.165, 1.54) is 0 Å². The van der Waals surface area contributed by atoms with Crippen LogP contribution in [0.25, 0.3) is 0 Å². The molecule has 6 heteroatoms. The van der Waals surface area contributed by atoms with Crippen molar-refractivity contribution in [3.8, 4) is 0 Å². The molecule has 1 aliphatic heterocycles. The number of nitrogens with zero attached hydrogens (tertiary/aromatic N) is 1. The second kappa shape index (κ2) is 5.66. The third-order valence-corrected chi connectivity index (χ3v) is 4.94. The number of rotatable bonds is 4. The van der Waals surface area contributed by atoms with Crippen LogP contribution in [0.4, 0.5) is 0 Å². The van der Waals surface area contributed by atoms with E-state index in [4.69, 9.17) is 5.11 Å². The number of aliphatic carboxylic acids is 1. The SMILES string of the molecule is O=C(O)C1CCC(C(=O)NC2CC(=O)N(C3CC3)C2)CC1. The van der Waals surface area contributed by atoms with Gasteiger partial charge in [0, 0.05) is 24.9 Å². The van der Waals surface area contributed by atoms with Crippen molar-refractivity contribution in [1.82, 2.24) is 10.2 Å². The van der Waals surface area contributed by atoms with E-state index in [-0.39, 0.29) is 29.7 Å². The molecule has 2 amide bonds. The molecule has 2 saturated carbocycles. The van der Waals surface area contributed by atoms with Crippen LogP contribution in [0.5, 0.6) is 0 Å². The van der Waals surface area contributed by atoms with E-state index in [9.17, 15) is 14.4 Å². The Morgan fingerprint density at radius 1 is 1.05 bits per heavy atom. The van der Waals surface area contributed by atoms with Crippen LogP contribution in [0, 0.1) is 11.8 Å². The first kappa shape index (κ1) is 14.4. The number of likely N-dealkylation sites (tertiary alicyclic amines) is 1. The molecule has 0 aromatic heterocycles. The number of amides is 2. The number of carbonyl (C=O) groups is 3. The lowest BCUT2D eigenvalue weighted by atomic mass is 9.81. The van der Waals surface area contributed by atoms with Crippen LogP contribution in [0.2, 0.25) is 0 Å². The van der Waals surface area contributed by atoms with Gasteiger partial charge in [0.05, 0.1) is 12.0 Å². The Hall–Kier alpha value is -1.59. The fraction of sp³-hybridized carbons (Fsp3) is 0.800. The molecule has 0 radical (unpaired) electrons. The van der Waals surface area contributed by atoms with Crippen molar-refractivity contribution in [2.24, 2.45) is 11.8 Å². The highest BCUT2D eigenvalue weighted by Gasteiger charge is 2.40. The Morgan fingerprint density at radius 2 is 1.67 bits per heavy atom. The van der Waals surface area contributed by atoms with Gasteiger partial charge in [-0.15, -0.1) is 0 Å². The molecule has 6 nitrogen and oxygen atoms in total. The first-order valence-electron chi connectivity index (χ1n) is 7.87. The predicted octanol–water partition coefficient (Wildman–Crippen LogP) is 0.757. The summed E-state index contributed by atoms with van der Waals surface area (Å²) >= 11 is 0. The number of hydrogen-bond acceptors (Lipinski definition) is 3. The molecular weight excluding hydrogens is 272 g/mol. The molecule has 3 rings (SSSR count). The monoisotopic (exact) mass is 294 g/mol. The van der Waals surface area contributed by atoms with E-state index in [0.29, 0.717) is 44.7 Å². The summed E-state index contributed by atoms with van der Waals surface area (Å²) < 4.78 is 0. The van der Waals surface area contributed by atoms with Crippen LogP contribution in [0.15, 0.2) is 0 Å². The Labute approximate surface area is 123 Å². The van der Waals surface area contributed by atoms with Crippen molar-refractivity contribution in [2.75, 3.05) is 6.54 Å². The lowest BCUT2D eigenvalue weighted by Crippen LogP contribution is -2.42. The summed E-state index contributed by atoms with van der Waals surface area (Å²) in [5.41, 5.74) is 0. The van der Waals surface area contributed by atoms with Gasteiger partial charge in [-0.2, -0.15) is 0 Å². The number of hydrogen-bond donors (Lipinski definition) is 2. The zero-order chi connectivity index (χ0) is 15.0. The molecule has 116 valence electrons. The lowest BCUT2D eigenvalue weighted by Gasteiger charge is -2.26. The molecule has 1 heterocycles. The first-order chi connectivity index (χ1) is 10.0. The van der Waals surface area contributed by atoms with Crippen LogP contribution < -0.4 is 5.32 Å². The molecule has 0 aromatic rings. The molecule has 3 fully saturated rings. The lowest BCUT2D eigenvalue weighted by molar-refractivity contribution is -0.144. The zero-order valence-electron chi connectivity index (χ0n) is 12.1. The highest BCUT2D eigenvalue weighted by atomic mass is 16.4. The summed E-state index contributed by atoms with van der Waals surface area (Å²) in [7, 11) is 0. The van der Waals surface area contributed by atoms with Gasteiger partial charge in [-0.05, 0) is 38.5 Å². The maximum Gasteiger partial charge on any atom is 0.306 e. The van der Waals surface area contributed by atoms with Gasteiger partial charge in [0.2, 0.25) is 11.8 Å². The van der Waals surface area contributed by atoms with Gasteiger partial charge in [0.25, 0.3) is 0 Å². The smallest absolute Gasteiger partial charge is 0.306 e. The third kappa shape index (κ3) is 3.19. The van der Waals surface area contributed by atoms with Crippen LogP contribution in [0.3, 0.4) is 0 Å². The molecule has 0 bridgehead atoms. The zero-order valence-corrected chi connectivity index (χ0v) is 12.1.